The van der Waals surface area contributed by atoms with E-state index in [1.807, 2.05) is 12.1 Å². The molecule has 1 fully saturated rings. The van der Waals surface area contributed by atoms with Crippen LogP contribution in [0.15, 0.2) is 18.3 Å². The standard InChI is InChI=1S/C15H18ClN3O/c1-8-2-3-9(7-20-8)13-10(16)4-5-12-14(13)15(18)11(17)6-19-12/h4-6,8-9H,2-3,7,17H2,1H3,(H2,18,19)/t8-,9?/m1/s1. The highest BCUT2D eigenvalue weighted by Crippen LogP contribution is 2.40. The molecule has 1 aromatic heterocycles. The van der Waals surface area contributed by atoms with Gasteiger partial charge in [0.15, 0.2) is 0 Å². The monoisotopic (exact) mass is 291 g/mol. The summed E-state index contributed by atoms with van der Waals surface area (Å²) in [5, 5.41) is 1.58. The molecule has 5 heteroatoms. The van der Waals surface area contributed by atoms with E-state index in [1.165, 1.54) is 0 Å². The van der Waals surface area contributed by atoms with Crippen LogP contribution in [0.4, 0.5) is 11.4 Å². The van der Waals surface area contributed by atoms with Gasteiger partial charge in [-0.15, -0.1) is 0 Å². The minimum atomic E-state index is 0.244. The largest absolute Gasteiger partial charge is 0.396 e. The molecule has 2 atom stereocenters. The second-order valence-corrected chi connectivity index (χ2v) is 5.81. The van der Waals surface area contributed by atoms with Crippen LogP contribution < -0.4 is 11.5 Å². The maximum absolute atomic E-state index is 6.42. The molecule has 0 radical (unpaired) electrons. The molecule has 0 spiro atoms. The zero-order valence-corrected chi connectivity index (χ0v) is 12.2. The molecule has 4 nitrogen and oxygen atoms in total. The number of nitrogens with two attached hydrogens (primary N) is 2. The molecule has 106 valence electrons. The van der Waals surface area contributed by atoms with Crippen LogP contribution in [0.25, 0.3) is 10.9 Å². The Balaban J connectivity index is 2.18. The van der Waals surface area contributed by atoms with Crippen LogP contribution in [-0.4, -0.2) is 17.7 Å². The van der Waals surface area contributed by atoms with Gasteiger partial charge in [0, 0.05) is 16.3 Å². The van der Waals surface area contributed by atoms with E-state index in [1.54, 1.807) is 6.20 Å². The lowest BCUT2D eigenvalue weighted by atomic mass is 9.88. The first kappa shape index (κ1) is 13.5. The fourth-order valence-corrected chi connectivity index (χ4v) is 3.15. The van der Waals surface area contributed by atoms with Crippen LogP contribution in [0, 0.1) is 0 Å². The zero-order valence-electron chi connectivity index (χ0n) is 11.4. The van der Waals surface area contributed by atoms with Crippen LogP contribution >= 0.6 is 11.6 Å². The van der Waals surface area contributed by atoms with E-state index < -0.39 is 0 Å². The number of ether oxygens (including phenoxy) is 1. The predicted octanol–water partition coefficient (Wildman–Crippen LogP) is 3.34. The molecule has 1 aromatic carbocycles. The first-order valence-electron chi connectivity index (χ1n) is 6.81. The van der Waals surface area contributed by atoms with E-state index >= 15 is 0 Å². The van der Waals surface area contributed by atoms with Crippen LogP contribution in [0.2, 0.25) is 5.02 Å². The van der Waals surface area contributed by atoms with Crippen molar-refractivity contribution in [3.63, 3.8) is 0 Å². The molecular weight excluding hydrogens is 274 g/mol. The molecule has 0 amide bonds. The smallest absolute Gasteiger partial charge is 0.0741 e. The zero-order chi connectivity index (χ0) is 14.3. The number of benzene rings is 1. The summed E-state index contributed by atoms with van der Waals surface area (Å²) in [4.78, 5) is 4.35. The highest BCUT2D eigenvalue weighted by atomic mass is 35.5. The minimum Gasteiger partial charge on any atom is -0.396 e. The van der Waals surface area contributed by atoms with Gasteiger partial charge in [-0.2, -0.15) is 0 Å². The van der Waals surface area contributed by atoms with Gasteiger partial charge in [-0.1, -0.05) is 11.6 Å². The molecule has 4 N–H and O–H groups in total. The van der Waals surface area contributed by atoms with Crippen LogP contribution in [0.3, 0.4) is 0 Å². The number of nitrogen functional groups attached to an aromatic ring is 2. The van der Waals surface area contributed by atoms with E-state index in [4.69, 9.17) is 27.8 Å². The summed E-state index contributed by atoms with van der Waals surface area (Å²) in [5.74, 6) is 0.244. The number of hydrogen-bond acceptors (Lipinski definition) is 4. The van der Waals surface area contributed by atoms with E-state index in [9.17, 15) is 0 Å². The molecule has 3 rings (SSSR count). The molecular formula is C15H18ClN3O. The van der Waals surface area contributed by atoms with Crippen molar-refractivity contribution in [2.75, 3.05) is 18.1 Å². The molecule has 20 heavy (non-hydrogen) atoms. The molecule has 0 saturated carbocycles. The second kappa shape index (κ2) is 5.11. The Kier molecular flexibility index (Phi) is 3.44. The van der Waals surface area contributed by atoms with Crippen molar-refractivity contribution in [2.24, 2.45) is 0 Å². The van der Waals surface area contributed by atoms with E-state index in [-0.39, 0.29) is 5.92 Å². The van der Waals surface area contributed by atoms with Gasteiger partial charge >= 0.3 is 0 Å². The normalized spacial score (nSPS) is 23.1. The van der Waals surface area contributed by atoms with Crippen molar-refractivity contribution in [3.05, 3.63) is 28.9 Å². The fraction of sp³-hybridized carbons (Fsp3) is 0.400. The quantitative estimate of drug-likeness (QED) is 0.845. The van der Waals surface area contributed by atoms with Gasteiger partial charge in [-0.05, 0) is 37.5 Å². The summed E-state index contributed by atoms with van der Waals surface area (Å²) in [6.45, 7) is 2.75. The van der Waals surface area contributed by atoms with E-state index in [0.29, 0.717) is 29.1 Å². The Morgan fingerprint density at radius 2 is 2.10 bits per heavy atom. The Hall–Kier alpha value is -1.52. The van der Waals surface area contributed by atoms with Crippen molar-refractivity contribution in [3.8, 4) is 0 Å². The van der Waals surface area contributed by atoms with Gasteiger partial charge in [-0.25, -0.2) is 0 Å². The van der Waals surface area contributed by atoms with Crippen molar-refractivity contribution < 1.29 is 4.74 Å². The summed E-state index contributed by atoms with van der Waals surface area (Å²) in [6, 6.07) is 3.75. The Morgan fingerprint density at radius 3 is 2.80 bits per heavy atom. The predicted molar refractivity (Wildman–Crippen MR) is 83.0 cm³/mol. The molecule has 0 bridgehead atoms. The third-order valence-electron chi connectivity index (χ3n) is 4.01. The topological polar surface area (TPSA) is 74.2 Å². The Labute approximate surface area is 123 Å². The molecule has 1 aliphatic rings. The van der Waals surface area contributed by atoms with Gasteiger partial charge in [0.2, 0.25) is 0 Å². The number of nitrogens with zero attached hydrogens (tertiary/aromatic N) is 1. The highest BCUT2D eigenvalue weighted by Gasteiger charge is 2.25. The van der Waals surface area contributed by atoms with Crippen molar-refractivity contribution in [1.82, 2.24) is 4.98 Å². The summed E-state index contributed by atoms with van der Waals surface area (Å²) in [7, 11) is 0. The summed E-state index contributed by atoms with van der Waals surface area (Å²) in [5.41, 5.74) is 15.0. The number of halogens is 1. The summed E-state index contributed by atoms with van der Waals surface area (Å²) < 4.78 is 5.77. The SMILES string of the molecule is C[C@@H]1CCC(c2c(Cl)ccc3ncc(N)c(N)c23)CO1. The van der Waals surface area contributed by atoms with Crippen molar-refractivity contribution in [2.45, 2.75) is 31.8 Å². The van der Waals surface area contributed by atoms with E-state index in [0.717, 1.165) is 29.3 Å². The number of aromatic nitrogens is 1. The maximum Gasteiger partial charge on any atom is 0.0741 e. The van der Waals surface area contributed by atoms with Gasteiger partial charge < -0.3 is 16.2 Å². The molecule has 0 aliphatic carbocycles. The molecule has 2 aromatic rings. The van der Waals surface area contributed by atoms with Crippen LogP contribution in [0.5, 0.6) is 0 Å². The van der Waals surface area contributed by atoms with Gasteiger partial charge in [0.1, 0.15) is 0 Å². The van der Waals surface area contributed by atoms with Crippen molar-refractivity contribution in [1.29, 1.82) is 0 Å². The van der Waals surface area contributed by atoms with Gasteiger partial charge in [-0.3, -0.25) is 4.98 Å². The first-order valence-corrected chi connectivity index (χ1v) is 7.19. The second-order valence-electron chi connectivity index (χ2n) is 5.40. The summed E-state index contributed by atoms with van der Waals surface area (Å²) in [6.07, 6.45) is 3.95. The van der Waals surface area contributed by atoms with Crippen molar-refractivity contribution >= 4 is 33.9 Å². The first-order chi connectivity index (χ1) is 9.58. The van der Waals surface area contributed by atoms with Crippen LogP contribution in [-0.2, 0) is 4.74 Å². The number of hydrogen-bond donors (Lipinski definition) is 2. The number of fused-ring (bicyclic) bond motifs is 1. The minimum absolute atomic E-state index is 0.244. The summed E-state index contributed by atoms with van der Waals surface area (Å²) >= 11 is 6.42. The van der Waals surface area contributed by atoms with Gasteiger partial charge in [0.25, 0.3) is 0 Å². The molecule has 2 heterocycles. The van der Waals surface area contributed by atoms with E-state index in [2.05, 4.69) is 11.9 Å². The third-order valence-corrected chi connectivity index (χ3v) is 4.33. The molecule has 1 aliphatic heterocycles. The lowest BCUT2D eigenvalue weighted by molar-refractivity contribution is 0.0158. The molecule has 1 unspecified atom stereocenters. The third kappa shape index (κ3) is 2.19. The number of pyridine rings is 1. The lowest BCUT2D eigenvalue weighted by Crippen LogP contribution is -2.22. The van der Waals surface area contributed by atoms with Gasteiger partial charge in [0.05, 0.1) is 35.8 Å². The average Bonchev–Trinajstić information content (AvgIpc) is 2.44. The molecule has 1 saturated heterocycles. The Morgan fingerprint density at radius 1 is 1.30 bits per heavy atom. The fourth-order valence-electron chi connectivity index (χ4n) is 2.84. The maximum atomic E-state index is 6.42. The Bertz CT molecular complexity index is 646. The average molecular weight is 292 g/mol. The number of anilines is 2. The highest BCUT2D eigenvalue weighted by molar-refractivity contribution is 6.32. The lowest BCUT2D eigenvalue weighted by Gasteiger charge is -2.28. The van der Waals surface area contributed by atoms with Crippen LogP contribution in [0.1, 0.15) is 31.2 Å². The number of rotatable bonds is 1.